The minimum absolute atomic E-state index is 0.0447. The fourth-order valence-electron chi connectivity index (χ4n) is 2.62. The van der Waals surface area contributed by atoms with Crippen LogP contribution in [0, 0.1) is 0 Å². The van der Waals surface area contributed by atoms with Crippen molar-refractivity contribution >= 4 is 11.6 Å². The average Bonchev–Trinajstić information content (AvgIpc) is 2.51. The van der Waals surface area contributed by atoms with Crippen LogP contribution in [-0.2, 0) is 0 Å². The van der Waals surface area contributed by atoms with E-state index in [-0.39, 0.29) is 11.9 Å². The third-order valence-corrected chi connectivity index (χ3v) is 3.72. The number of anilines is 1. The number of benzene rings is 1. The summed E-state index contributed by atoms with van der Waals surface area (Å²) in [5.41, 5.74) is 3.03. The van der Waals surface area contributed by atoms with Crippen molar-refractivity contribution in [1.29, 1.82) is 0 Å². The molecule has 2 aromatic rings. The molecule has 4 nitrogen and oxygen atoms in total. The second-order valence-electron chi connectivity index (χ2n) is 5.03. The van der Waals surface area contributed by atoms with Crippen LogP contribution < -0.4 is 10.2 Å². The van der Waals surface area contributed by atoms with Gasteiger partial charge in [-0.3, -0.25) is 9.78 Å². The molecule has 0 saturated carbocycles. The summed E-state index contributed by atoms with van der Waals surface area (Å²) in [6, 6.07) is 11.8. The molecule has 4 heteroatoms. The van der Waals surface area contributed by atoms with Crippen LogP contribution in [0.3, 0.4) is 0 Å². The van der Waals surface area contributed by atoms with Crippen LogP contribution in [0.15, 0.2) is 48.8 Å². The lowest BCUT2D eigenvalue weighted by Crippen LogP contribution is -2.36. The zero-order chi connectivity index (χ0) is 13.9. The summed E-state index contributed by atoms with van der Waals surface area (Å²) in [7, 11) is 2.08. The number of fused-ring (bicyclic) bond motifs is 1. The second kappa shape index (κ2) is 5.33. The first-order chi connectivity index (χ1) is 9.75. The van der Waals surface area contributed by atoms with E-state index in [1.807, 2.05) is 12.1 Å². The third kappa shape index (κ3) is 2.37. The van der Waals surface area contributed by atoms with E-state index in [9.17, 15) is 4.79 Å². The van der Waals surface area contributed by atoms with Crippen LogP contribution in [0.1, 0.15) is 28.4 Å². The van der Waals surface area contributed by atoms with Crippen LogP contribution in [-0.4, -0.2) is 24.5 Å². The van der Waals surface area contributed by atoms with Crippen molar-refractivity contribution in [1.82, 2.24) is 10.3 Å². The molecule has 0 spiro atoms. The van der Waals surface area contributed by atoms with Crippen molar-refractivity contribution in [3.63, 3.8) is 0 Å². The van der Waals surface area contributed by atoms with E-state index < -0.39 is 0 Å². The number of nitrogens with one attached hydrogen (secondary N) is 1. The Bertz CT molecular complexity index is 612. The van der Waals surface area contributed by atoms with Gasteiger partial charge in [-0.15, -0.1) is 0 Å². The SMILES string of the molecule is CN1CCC(NC(=O)c2ccncc2)c2ccccc21. The fourth-order valence-corrected chi connectivity index (χ4v) is 2.62. The normalized spacial score (nSPS) is 17.4. The standard InChI is InChI=1S/C16H17N3O/c1-19-11-8-14(13-4-2-3-5-15(13)19)18-16(20)12-6-9-17-10-7-12/h2-7,9-10,14H,8,11H2,1H3,(H,18,20). The molecule has 0 bridgehead atoms. The molecule has 0 fully saturated rings. The predicted molar refractivity (Wildman–Crippen MR) is 78.8 cm³/mol. The number of hydrogen-bond acceptors (Lipinski definition) is 3. The molecule has 0 saturated heterocycles. The summed E-state index contributed by atoms with van der Waals surface area (Å²) < 4.78 is 0. The maximum Gasteiger partial charge on any atom is 0.251 e. The maximum atomic E-state index is 12.3. The van der Waals surface area contributed by atoms with Gasteiger partial charge in [0.05, 0.1) is 6.04 Å². The second-order valence-corrected chi connectivity index (χ2v) is 5.03. The molecule has 102 valence electrons. The molecule has 0 aliphatic carbocycles. The number of aromatic nitrogens is 1. The number of para-hydroxylation sites is 1. The number of carbonyl (C=O) groups is 1. The predicted octanol–water partition coefficient (Wildman–Crippen LogP) is 2.39. The molecule has 1 aromatic carbocycles. The summed E-state index contributed by atoms with van der Waals surface area (Å²) in [5, 5.41) is 3.12. The monoisotopic (exact) mass is 267 g/mol. The van der Waals surface area contributed by atoms with E-state index in [0.29, 0.717) is 5.56 Å². The van der Waals surface area contributed by atoms with Crippen LogP contribution in [0.2, 0.25) is 0 Å². The molecule has 1 N–H and O–H groups in total. The van der Waals surface area contributed by atoms with Crippen LogP contribution in [0.5, 0.6) is 0 Å². The van der Waals surface area contributed by atoms with Gasteiger partial charge in [0.25, 0.3) is 5.91 Å². The summed E-state index contributed by atoms with van der Waals surface area (Å²) in [5.74, 6) is -0.0447. The minimum atomic E-state index is -0.0447. The fraction of sp³-hybridized carbons (Fsp3) is 0.250. The number of rotatable bonds is 2. The smallest absolute Gasteiger partial charge is 0.251 e. The molecular formula is C16H17N3O. The molecule has 1 aromatic heterocycles. The van der Waals surface area contributed by atoms with E-state index in [1.54, 1.807) is 24.5 Å². The van der Waals surface area contributed by atoms with Crippen LogP contribution >= 0.6 is 0 Å². The molecule has 0 radical (unpaired) electrons. The lowest BCUT2D eigenvalue weighted by molar-refractivity contribution is 0.0934. The molecule has 1 aliphatic heterocycles. The molecular weight excluding hydrogens is 250 g/mol. The van der Waals surface area contributed by atoms with Gasteiger partial charge in [-0.25, -0.2) is 0 Å². The summed E-state index contributed by atoms with van der Waals surface area (Å²) >= 11 is 0. The Kier molecular flexibility index (Phi) is 3.37. The van der Waals surface area contributed by atoms with Gasteiger partial charge >= 0.3 is 0 Å². The highest BCUT2D eigenvalue weighted by molar-refractivity contribution is 5.94. The number of hydrogen-bond donors (Lipinski definition) is 1. The van der Waals surface area contributed by atoms with Crippen molar-refractivity contribution in [3.8, 4) is 0 Å². The van der Waals surface area contributed by atoms with E-state index >= 15 is 0 Å². The van der Waals surface area contributed by atoms with Crippen molar-refractivity contribution in [2.75, 3.05) is 18.5 Å². The lowest BCUT2D eigenvalue weighted by Gasteiger charge is -2.33. The summed E-state index contributed by atoms with van der Waals surface area (Å²) in [6.45, 7) is 0.943. The van der Waals surface area contributed by atoms with E-state index in [0.717, 1.165) is 13.0 Å². The molecule has 20 heavy (non-hydrogen) atoms. The largest absolute Gasteiger partial charge is 0.374 e. The molecule has 1 aliphatic rings. The van der Waals surface area contributed by atoms with E-state index in [2.05, 4.69) is 34.4 Å². The molecule has 3 rings (SSSR count). The quantitative estimate of drug-likeness (QED) is 0.908. The minimum Gasteiger partial charge on any atom is -0.374 e. The van der Waals surface area contributed by atoms with Gasteiger partial charge < -0.3 is 10.2 Å². The molecule has 1 unspecified atom stereocenters. The van der Waals surface area contributed by atoms with E-state index in [1.165, 1.54) is 11.3 Å². The van der Waals surface area contributed by atoms with E-state index in [4.69, 9.17) is 0 Å². The summed E-state index contributed by atoms with van der Waals surface area (Å²) in [6.07, 6.45) is 4.19. The Morgan fingerprint density at radius 2 is 2.00 bits per heavy atom. The molecule has 1 amide bonds. The third-order valence-electron chi connectivity index (χ3n) is 3.72. The van der Waals surface area contributed by atoms with Gasteiger partial charge in [0.15, 0.2) is 0 Å². The van der Waals surface area contributed by atoms with Crippen molar-refractivity contribution in [3.05, 3.63) is 59.9 Å². The molecule has 1 atom stereocenters. The number of pyridine rings is 1. The molecule has 2 heterocycles. The Balaban J connectivity index is 1.82. The van der Waals surface area contributed by atoms with Crippen molar-refractivity contribution < 1.29 is 4.79 Å². The highest BCUT2D eigenvalue weighted by Crippen LogP contribution is 2.32. The highest BCUT2D eigenvalue weighted by Gasteiger charge is 2.24. The number of carbonyl (C=O) groups excluding carboxylic acids is 1. The summed E-state index contributed by atoms with van der Waals surface area (Å²) in [4.78, 5) is 18.4. The van der Waals surface area contributed by atoms with Crippen LogP contribution in [0.25, 0.3) is 0 Å². The zero-order valence-corrected chi connectivity index (χ0v) is 11.4. The zero-order valence-electron chi connectivity index (χ0n) is 11.4. The Morgan fingerprint density at radius 1 is 1.25 bits per heavy atom. The van der Waals surface area contributed by atoms with Gasteiger partial charge in [0.1, 0.15) is 0 Å². The first kappa shape index (κ1) is 12.7. The first-order valence-electron chi connectivity index (χ1n) is 6.76. The van der Waals surface area contributed by atoms with Crippen molar-refractivity contribution in [2.24, 2.45) is 0 Å². The van der Waals surface area contributed by atoms with Crippen LogP contribution in [0.4, 0.5) is 5.69 Å². The topological polar surface area (TPSA) is 45.2 Å². The number of nitrogens with zero attached hydrogens (tertiary/aromatic N) is 2. The average molecular weight is 267 g/mol. The maximum absolute atomic E-state index is 12.3. The Hall–Kier alpha value is -2.36. The Labute approximate surface area is 118 Å². The van der Waals surface area contributed by atoms with Gasteiger partial charge in [-0.2, -0.15) is 0 Å². The number of amides is 1. The van der Waals surface area contributed by atoms with Gasteiger partial charge in [-0.1, -0.05) is 18.2 Å². The van der Waals surface area contributed by atoms with Gasteiger partial charge in [0.2, 0.25) is 0 Å². The highest BCUT2D eigenvalue weighted by atomic mass is 16.1. The van der Waals surface area contributed by atoms with Gasteiger partial charge in [0, 0.05) is 37.2 Å². The Morgan fingerprint density at radius 3 is 2.80 bits per heavy atom. The van der Waals surface area contributed by atoms with Gasteiger partial charge in [-0.05, 0) is 30.2 Å². The van der Waals surface area contributed by atoms with Crippen molar-refractivity contribution in [2.45, 2.75) is 12.5 Å². The first-order valence-corrected chi connectivity index (χ1v) is 6.76. The lowest BCUT2D eigenvalue weighted by atomic mass is 9.96.